The first-order valence-corrected chi connectivity index (χ1v) is 22.2. The number of carbonyl (C=O) groups is 6. The SMILES string of the molecule is CCCC(=O)OCN(C(=O)[C@@H](NC(=O)[C@H]1CCCCN1C)C(C)CC)[C@H](C[C@@H](OC(C)=O)c1nc(C(=O)N[C@@H](Cc2ccc(O)cc2)C[C@H](C)C(=O)OCC)cs1)C(C)C. The van der Waals surface area contributed by atoms with Crippen molar-refractivity contribution in [1.29, 1.82) is 0 Å². The lowest BCUT2D eigenvalue weighted by Gasteiger charge is -2.39. The van der Waals surface area contributed by atoms with Gasteiger partial charge in [0.25, 0.3) is 5.91 Å². The molecule has 1 unspecified atom stereocenters. The number of likely N-dealkylation sites (tertiary alicyclic amines) is 1. The van der Waals surface area contributed by atoms with Crippen LogP contribution in [0.5, 0.6) is 5.75 Å². The van der Waals surface area contributed by atoms with E-state index in [9.17, 15) is 33.9 Å². The summed E-state index contributed by atoms with van der Waals surface area (Å²) in [5, 5.41) is 17.7. The van der Waals surface area contributed by atoms with E-state index in [-0.39, 0.29) is 73.8 Å². The molecule has 15 nitrogen and oxygen atoms in total. The summed E-state index contributed by atoms with van der Waals surface area (Å²) in [7, 11) is 1.91. The first kappa shape index (κ1) is 49.8. The Kier molecular flexibility index (Phi) is 20.4. The number of benzene rings is 1. The number of carbonyl (C=O) groups excluding carboxylic acids is 6. The summed E-state index contributed by atoms with van der Waals surface area (Å²) in [5.74, 6) is -3.54. The highest BCUT2D eigenvalue weighted by molar-refractivity contribution is 7.09. The molecule has 0 bridgehead atoms. The van der Waals surface area contributed by atoms with Gasteiger partial charge in [-0.15, -0.1) is 11.3 Å². The number of thiazole rings is 1. The van der Waals surface area contributed by atoms with E-state index in [1.54, 1.807) is 43.5 Å². The van der Waals surface area contributed by atoms with Crippen molar-refractivity contribution in [2.24, 2.45) is 17.8 Å². The molecule has 2 heterocycles. The number of hydrogen-bond donors (Lipinski definition) is 3. The van der Waals surface area contributed by atoms with Crippen molar-refractivity contribution in [3.05, 3.63) is 45.9 Å². The van der Waals surface area contributed by atoms with E-state index in [1.165, 1.54) is 11.8 Å². The molecule has 3 amide bonds. The summed E-state index contributed by atoms with van der Waals surface area (Å²) < 4.78 is 16.7. The molecule has 0 saturated carbocycles. The number of phenols is 1. The number of ether oxygens (including phenoxy) is 3. The zero-order valence-electron chi connectivity index (χ0n) is 36.9. The maximum Gasteiger partial charge on any atom is 0.308 e. The van der Waals surface area contributed by atoms with Crippen molar-refractivity contribution in [3.8, 4) is 5.75 Å². The number of phenolic OH excluding ortho intramolecular Hbond substituents is 1. The third kappa shape index (κ3) is 15.2. The van der Waals surface area contributed by atoms with E-state index in [1.807, 2.05) is 46.6 Å². The lowest BCUT2D eigenvalue weighted by molar-refractivity contribution is -0.160. The second-order valence-corrected chi connectivity index (χ2v) is 17.1. The van der Waals surface area contributed by atoms with Crippen LogP contribution >= 0.6 is 11.3 Å². The smallest absolute Gasteiger partial charge is 0.308 e. The molecule has 0 radical (unpaired) electrons. The molecule has 1 aliphatic heterocycles. The van der Waals surface area contributed by atoms with Crippen LogP contribution < -0.4 is 10.6 Å². The van der Waals surface area contributed by atoms with Gasteiger partial charge in [-0.05, 0) is 82.2 Å². The van der Waals surface area contributed by atoms with Gasteiger partial charge in [-0.2, -0.15) is 0 Å². The first-order chi connectivity index (χ1) is 28.5. The number of amides is 3. The predicted molar refractivity (Wildman–Crippen MR) is 228 cm³/mol. The largest absolute Gasteiger partial charge is 0.508 e. The van der Waals surface area contributed by atoms with E-state index in [4.69, 9.17) is 14.2 Å². The van der Waals surface area contributed by atoms with Crippen LogP contribution in [0.1, 0.15) is 134 Å². The molecule has 1 aromatic carbocycles. The number of piperidine rings is 1. The molecule has 16 heteroatoms. The maximum absolute atomic E-state index is 14.8. The van der Waals surface area contributed by atoms with Gasteiger partial charge in [-0.25, -0.2) is 4.98 Å². The van der Waals surface area contributed by atoms with Gasteiger partial charge < -0.3 is 34.9 Å². The molecule has 1 saturated heterocycles. The van der Waals surface area contributed by atoms with Crippen LogP contribution in [-0.4, -0.2) is 107 Å². The van der Waals surface area contributed by atoms with Crippen LogP contribution in [0.3, 0.4) is 0 Å². The fourth-order valence-electron chi connectivity index (χ4n) is 7.35. The maximum atomic E-state index is 14.8. The summed E-state index contributed by atoms with van der Waals surface area (Å²) in [5.41, 5.74) is 0.903. The molecule has 3 N–H and O–H groups in total. The topological polar surface area (TPSA) is 194 Å². The Hall–Kier alpha value is -4.57. The van der Waals surface area contributed by atoms with Gasteiger partial charge in [0.2, 0.25) is 11.8 Å². The van der Waals surface area contributed by atoms with Crippen LogP contribution in [0.15, 0.2) is 29.6 Å². The normalized spacial score (nSPS) is 17.3. The summed E-state index contributed by atoms with van der Waals surface area (Å²) in [4.78, 5) is 88.3. The van der Waals surface area contributed by atoms with E-state index >= 15 is 0 Å². The van der Waals surface area contributed by atoms with E-state index in [0.29, 0.717) is 30.7 Å². The number of aromatic nitrogens is 1. The highest BCUT2D eigenvalue weighted by Crippen LogP contribution is 2.32. The molecular formula is C44H67N5O10S. The number of nitrogens with zero attached hydrogens (tertiary/aromatic N) is 3. The Balaban J connectivity index is 1.95. The lowest BCUT2D eigenvalue weighted by atomic mass is 9.92. The molecule has 7 atom stereocenters. The minimum Gasteiger partial charge on any atom is -0.508 e. The third-order valence-corrected chi connectivity index (χ3v) is 11.9. The molecule has 1 fully saturated rings. The lowest BCUT2D eigenvalue weighted by Crippen LogP contribution is -2.59. The Labute approximate surface area is 359 Å². The minimum atomic E-state index is -0.993. The molecule has 0 aliphatic carbocycles. The molecule has 334 valence electrons. The van der Waals surface area contributed by atoms with Crippen molar-refractivity contribution in [1.82, 2.24) is 25.4 Å². The number of aromatic hydroxyl groups is 1. The Morgan fingerprint density at radius 3 is 2.28 bits per heavy atom. The van der Waals surface area contributed by atoms with Crippen molar-refractivity contribution >= 4 is 47.0 Å². The molecular weight excluding hydrogens is 791 g/mol. The Bertz CT molecular complexity index is 1720. The zero-order chi connectivity index (χ0) is 44.5. The standard InChI is InChI=1S/C44H67N5O10S/c1-10-15-38(52)58-26-49(43(55)39(28(6)11-2)47-41(54)35-16-13-14-21-48(35)9)36(27(4)5)24-37(59-30(8)50)42-46-34(25-60-42)40(53)45-32(22-29(7)44(56)57-12-3)23-31-17-19-33(51)20-18-31/h17-20,25,27-29,32,35-37,39,51H,10-16,21-24,26H2,1-9H3,(H,45,53)(H,47,54)/t28?,29-,32+,35+,36+,37+,39-/m0/s1. The van der Waals surface area contributed by atoms with Crippen LogP contribution in [0, 0.1) is 17.8 Å². The van der Waals surface area contributed by atoms with Gasteiger partial charge in [0.15, 0.2) is 12.8 Å². The Morgan fingerprint density at radius 1 is 0.983 bits per heavy atom. The predicted octanol–water partition coefficient (Wildman–Crippen LogP) is 5.94. The number of nitrogens with one attached hydrogen (secondary N) is 2. The fraction of sp³-hybridized carbons (Fsp3) is 0.659. The van der Waals surface area contributed by atoms with E-state index in [2.05, 4.69) is 15.6 Å². The number of rotatable bonds is 23. The highest BCUT2D eigenvalue weighted by atomic mass is 32.1. The van der Waals surface area contributed by atoms with Gasteiger partial charge in [-0.3, -0.25) is 33.7 Å². The van der Waals surface area contributed by atoms with Gasteiger partial charge >= 0.3 is 17.9 Å². The summed E-state index contributed by atoms with van der Waals surface area (Å²) in [6, 6.07) is 4.12. The molecule has 2 aromatic rings. The average Bonchev–Trinajstić information content (AvgIpc) is 3.70. The van der Waals surface area contributed by atoms with Gasteiger partial charge in [0.05, 0.1) is 18.6 Å². The molecule has 1 aliphatic rings. The summed E-state index contributed by atoms with van der Waals surface area (Å²) in [6.45, 7) is 14.9. The van der Waals surface area contributed by atoms with Gasteiger partial charge in [-0.1, -0.05) is 66.5 Å². The molecule has 1 aromatic heterocycles. The van der Waals surface area contributed by atoms with Crippen LogP contribution in [0.25, 0.3) is 0 Å². The van der Waals surface area contributed by atoms with E-state index in [0.717, 1.165) is 36.3 Å². The first-order valence-electron chi connectivity index (χ1n) is 21.3. The quantitative estimate of drug-likeness (QED) is 0.0678. The minimum absolute atomic E-state index is 0.0515. The average molecular weight is 858 g/mol. The number of likely N-dealkylation sites (N-methyl/N-ethyl adjacent to an activating group) is 1. The molecule has 0 spiro atoms. The van der Waals surface area contributed by atoms with Gasteiger partial charge in [0, 0.05) is 37.2 Å². The number of esters is 3. The van der Waals surface area contributed by atoms with Crippen molar-refractivity contribution in [2.45, 2.75) is 143 Å². The zero-order valence-corrected chi connectivity index (χ0v) is 37.7. The van der Waals surface area contributed by atoms with E-state index < -0.39 is 53.9 Å². The van der Waals surface area contributed by atoms with Crippen LogP contribution in [0.2, 0.25) is 0 Å². The summed E-state index contributed by atoms with van der Waals surface area (Å²) >= 11 is 1.12. The molecule has 3 rings (SSSR count). The summed E-state index contributed by atoms with van der Waals surface area (Å²) in [6.07, 6.45) is 3.58. The van der Waals surface area contributed by atoms with Crippen molar-refractivity contribution in [2.75, 3.05) is 26.9 Å². The monoisotopic (exact) mass is 857 g/mol. The van der Waals surface area contributed by atoms with Crippen LogP contribution in [0.4, 0.5) is 0 Å². The van der Waals surface area contributed by atoms with Crippen molar-refractivity contribution < 1.29 is 48.1 Å². The van der Waals surface area contributed by atoms with Gasteiger partial charge in [0.1, 0.15) is 22.5 Å². The van der Waals surface area contributed by atoms with Crippen molar-refractivity contribution in [3.63, 3.8) is 0 Å². The Morgan fingerprint density at radius 2 is 1.68 bits per heavy atom. The second kappa shape index (κ2) is 24.6. The fourth-order valence-corrected chi connectivity index (χ4v) is 8.19. The third-order valence-electron chi connectivity index (χ3n) is 11.0. The number of hydrogen-bond acceptors (Lipinski definition) is 13. The molecule has 60 heavy (non-hydrogen) atoms. The highest BCUT2D eigenvalue weighted by Gasteiger charge is 2.39. The second-order valence-electron chi connectivity index (χ2n) is 16.2. The van der Waals surface area contributed by atoms with Crippen LogP contribution in [-0.2, 0) is 44.6 Å².